The Morgan fingerprint density at radius 2 is 1.84 bits per heavy atom. The first-order valence-electron chi connectivity index (χ1n) is 6.85. The summed E-state index contributed by atoms with van der Waals surface area (Å²) in [5.74, 6) is 0.528. The molecule has 1 heterocycles. The fraction of sp³-hybridized carbons (Fsp3) is 0.533. The van der Waals surface area contributed by atoms with Crippen LogP contribution in [0.25, 0.3) is 0 Å². The van der Waals surface area contributed by atoms with Crippen LogP contribution in [0.5, 0.6) is 5.75 Å². The molecule has 0 bridgehead atoms. The Labute approximate surface area is 114 Å². The predicted octanol–water partition coefficient (Wildman–Crippen LogP) is 1.37. The number of phenolic OH excluding ortho intramolecular Hbond substituents is 1. The number of rotatable bonds is 3. The molecule has 0 radical (unpaired) electrons. The average Bonchev–Trinajstić information content (AvgIpc) is 2.38. The first-order chi connectivity index (χ1) is 9.08. The predicted molar refractivity (Wildman–Crippen MR) is 75.4 cm³/mol. The molecule has 4 heteroatoms. The molecule has 2 rings (SSSR count). The number of carbonyl (C=O) groups is 1. The zero-order valence-corrected chi connectivity index (χ0v) is 11.7. The molecule has 1 aromatic rings. The van der Waals surface area contributed by atoms with E-state index >= 15 is 0 Å². The van der Waals surface area contributed by atoms with Crippen LogP contribution in [0.2, 0.25) is 0 Å². The van der Waals surface area contributed by atoms with Crippen molar-refractivity contribution in [1.29, 1.82) is 0 Å². The van der Waals surface area contributed by atoms with Gasteiger partial charge >= 0.3 is 0 Å². The van der Waals surface area contributed by atoms with Crippen molar-refractivity contribution in [1.82, 2.24) is 10.2 Å². The number of hydrogen-bond donors (Lipinski definition) is 2. The summed E-state index contributed by atoms with van der Waals surface area (Å²) in [6, 6.07) is 3.52. The number of piperazine rings is 1. The summed E-state index contributed by atoms with van der Waals surface area (Å²) in [6.45, 7) is 7.37. The van der Waals surface area contributed by atoms with Gasteiger partial charge in [-0.2, -0.15) is 0 Å². The summed E-state index contributed by atoms with van der Waals surface area (Å²) >= 11 is 0. The second-order valence-electron chi connectivity index (χ2n) is 5.19. The minimum atomic E-state index is 0.230. The number of hydrogen-bond acceptors (Lipinski definition) is 3. The van der Waals surface area contributed by atoms with Crippen molar-refractivity contribution in [2.75, 3.05) is 26.2 Å². The Morgan fingerprint density at radius 1 is 1.26 bits per heavy atom. The van der Waals surface area contributed by atoms with E-state index in [2.05, 4.69) is 5.32 Å². The van der Waals surface area contributed by atoms with Gasteiger partial charge in [0.1, 0.15) is 5.75 Å². The van der Waals surface area contributed by atoms with E-state index in [1.165, 1.54) is 5.56 Å². The maximum Gasteiger partial charge on any atom is 0.222 e. The van der Waals surface area contributed by atoms with E-state index in [1.807, 2.05) is 18.7 Å². The topological polar surface area (TPSA) is 52.6 Å². The zero-order valence-electron chi connectivity index (χ0n) is 11.7. The monoisotopic (exact) mass is 262 g/mol. The van der Waals surface area contributed by atoms with Crippen LogP contribution in [0.4, 0.5) is 0 Å². The summed E-state index contributed by atoms with van der Waals surface area (Å²) in [5, 5.41) is 12.8. The SMILES string of the molecule is Cc1cc(O)cc(C)c1CCC(=O)N1CCNCC1. The Balaban J connectivity index is 1.96. The van der Waals surface area contributed by atoms with Gasteiger partial charge in [0, 0.05) is 32.6 Å². The lowest BCUT2D eigenvalue weighted by molar-refractivity contribution is -0.131. The molecule has 0 atom stereocenters. The van der Waals surface area contributed by atoms with E-state index in [0.717, 1.165) is 43.7 Å². The quantitative estimate of drug-likeness (QED) is 0.865. The van der Waals surface area contributed by atoms with Crippen LogP contribution in [0.3, 0.4) is 0 Å². The van der Waals surface area contributed by atoms with Crippen LogP contribution >= 0.6 is 0 Å². The molecular weight excluding hydrogens is 240 g/mol. The summed E-state index contributed by atoms with van der Waals surface area (Å²) in [6.07, 6.45) is 1.30. The fourth-order valence-corrected chi connectivity index (χ4v) is 2.67. The van der Waals surface area contributed by atoms with Crippen molar-refractivity contribution in [2.24, 2.45) is 0 Å². The molecule has 1 fully saturated rings. The van der Waals surface area contributed by atoms with E-state index in [-0.39, 0.29) is 5.91 Å². The Bertz CT molecular complexity index is 442. The van der Waals surface area contributed by atoms with Crippen molar-refractivity contribution >= 4 is 5.91 Å². The fourth-order valence-electron chi connectivity index (χ4n) is 2.67. The van der Waals surface area contributed by atoms with Gasteiger partial charge in [-0.25, -0.2) is 0 Å². The highest BCUT2D eigenvalue weighted by Crippen LogP contribution is 2.22. The molecule has 19 heavy (non-hydrogen) atoms. The minimum Gasteiger partial charge on any atom is -0.508 e. The summed E-state index contributed by atoms with van der Waals surface area (Å²) in [7, 11) is 0. The number of phenols is 1. The molecule has 1 aromatic carbocycles. The maximum atomic E-state index is 12.1. The molecule has 1 aliphatic heterocycles. The van der Waals surface area contributed by atoms with Crippen molar-refractivity contribution in [3.05, 3.63) is 28.8 Å². The second kappa shape index (κ2) is 6.06. The largest absolute Gasteiger partial charge is 0.508 e. The summed E-state index contributed by atoms with van der Waals surface area (Å²) < 4.78 is 0. The van der Waals surface area contributed by atoms with Crippen LogP contribution in [0.15, 0.2) is 12.1 Å². The highest BCUT2D eigenvalue weighted by molar-refractivity contribution is 5.76. The van der Waals surface area contributed by atoms with Gasteiger partial charge in [-0.05, 0) is 49.1 Å². The van der Waals surface area contributed by atoms with Crippen LogP contribution < -0.4 is 5.32 Å². The molecular formula is C15H22N2O2. The molecule has 1 amide bonds. The smallest absolute Gasteiger partial charge is 0.222 e. The van der Waals surface area contributed by atoms with Gasteiger partial charge in [0.05, 0.1) is 0 Å². The number of aromatic hydroxyl groups is 1. The van der Waals surface area contributed by atoms with Crippen molar-refractivity contribution in [3.63, 3.8) is 0 Å². The number of nitrogens with zero attached hydrogens (tertiary/aromatic N) is 1. The standard InChI is InChI=1S/C15H22N2O2/c1-11-9-13(18)10-12(2)14(11)3-4-15(19)17-7-5-16-6-8-17/h9-10,16,18H,3-8H2,1-2H3. The Kier molecular flexibility index (Phi) is 4.43. The third-order valence-electron chi connectivity index (χ3n) is 3.74. The van der Waals surface area contributed by atoms with E-state index < -0.39 is 0 Å². The van der Waals surface area contributed by atoms with Crippen molar-refractivity contribution in [3.8, 4) is 5.75 Å². The number of amides is 1. The maximum absolute atomic E-state index is 12.1. The van der Waals surface area contributed by atoms with Crippen LogP contribution in [-0.4, -0.2) is 42.1 Å². The van der Waals surface area contributed by atoms with E-state index in [9.17, 15) is 9.90 Å². The second-order valence-corrected chi connectivity index (χ2v) is 5.19. The number of aryl methyl sites for hydroxylation is 2. The highest BCUT2D eigenvalue weighted by atomic mass is 16.3. The molecule has 0 unspecified atom stereocenters. The van der Waals surface area contributed by atoms with E-state index in [0.29, 0.717) is 12.2 Å². The van der Waals surface area contributed by atoms with Gasteiger partial charge in [-0.3, -0.25) is 4.79 Å². The number of carbonyl (C=O) groups excluding carboxylic acids is 1. The molecule has 104 valence electrons. The van der Waals surface area contributed by atoms with Crippen LogP contribution in [-0.2, 0) is 11.2 Å². The summed E-state index contributed by atoms with van der Waals surface area (Å²) in [5.41, 5.74) is 3.30. The third kappa shape index (κ3) is 3.47. The first kappa shape index (κ1) is 13.9. The van der Waals surface area contributed by atoms with Gasteiger partial charge in [0.25, 0.3) is 0 Å². The molecule has 1 saturated heterocycles. The van der Waals surface area contributed by atoms with E-state index in [4.69, 9.17) is 0 Å². The number of nitrogens with one attached hydrogen (secondary N) is 1. The summed E-state index contributed by atoms with van der Waals surface area (Å²) in [4.78, 5) is 14.0. The van der Waals surface area contributed by atoms with Crippen molar-refractivity contribution in [2.45, 2.75) is 26.7 Å². The van der Waals surface area contributed by atoms with Gasteiger partial charge in [0.15, 0.2) is 0 Å². The van der Waals surface area contributed by atoms with Crippen LogP contribution in [0.1, 0.15) is 23.1 Å². The van der Waals surface area contributed by atoms with Gasteiger partial charge in [-0.15, -0.1) is 0 Å². The van der Waals surface area contributed by atoms with Gasteiger partial charge in [-0.1, -0.05) is 0 Å². The molecule has 0 aromatic heterocycles. The lowest BCUT2D eigenvalue weighted by atomic mass is 9.98. The van der Waals surface area contributed by atoms with Gasteiger partial charge in [0.2, 0.25) is 5.91 Å². The molecule has 0 spiro atoms. The van der Waals surface area contributed by atoms with Crippen molar-refractivity contribution < 1.29 is 9.90 Å². The molecule has 0 saturated carbocycles. The normalized spacial score (nSPS) is 15.6. The minimum absolute atomic E-state index is 0.230. The molecule has 4 nitrogen and oxygen atoms in total. The molecule has 2 N–H and O–H groups in total. The third-order valence-corrected chi connectivity index (χ3v) is 3.74. The lowest BCUT2D eigenvalue weighted by Gasteiger charge is -2.27. The lowest BCUT2D eigenvalue weighted by Crippen LogP contribution is -2.46. The first-order valence-corrected chi connectivity index (χ1v) is 6.85. The molecule has 0 aliphatic carbocycles. The Morgan fingerprint density at radius 3 is 2.42 bits per heavy atom. The highest BCUT2D eigenvalue weighted by Gasteiger charge is 2.16. The van der Waals surface area contributed by atoms with Crippen LogP contribution in [0, 0.1) is 13.8 Å². The van der Waals surface area contributed by atoms with E-state index in [1.54, 1.807) is 12.1 Å². The number of benzene rings is 1. The molecule has 1 aliphatic rings. The Hall–Kier alpha value is -1.55. The zero-order chi connectivity index (χ0) is 13.8. The average molecular weight is 262 g/mol. The van der Waals surface area contributed by atoms with Gasteiger partial charge < -0.3 is 15.3 Å².